The van der Waals surface area contributed by atoms with Gasteiger partial charge in [-0.2, -0.15) is 4.31 Å². The van der Waals surface area contributed by atoms with Gasteiger partial charge in [0.2, 0.25) is 10.0 Å². The van der Waals surface area contributed by atoms with E-state index in [1.165, 1.54) is 27.2 Å². The summed E-state index contributed by atoms with van der Waals surface area (Å²) in [6.07, 6.45) is 3.83. The first-order valence-corrected chi connectivity index (χ1v) is 10.2. The van der Waals surface area contributed by atoms with Gasteiger partial charge in [-0.25, -0.2) is 8.42 Å². The summed E-state index contributed by atoms with van der Waals surface area (Å²) in [5.74, 6) is -0.231. The summed E-state index contributed by atoms with van der Waals surface area (Å²) < 4.78 is 27.9. The molecular weight excluding hydrogens is 352 g/mol. The zero-order chi connectivity index (χ0) is 18.7. The average Bonchev–Trinajstić information content (AvgIpc) is 3.19. The minimum atomic E-state index is -3.63. The number of hydrogen-bond acceptors (Lipinski definition) is 4. The number of benzene rings is 1. The molecule has 0 amide bonds. The maximum absolute atomic E-state index is 12.6. The van der Waals surface area contributed by atoms with E-state index in [-0.39, 0.29) is 17.2 Å². The van der Waals surface area contributed by atoms with Crippen LogP contribution >= 0.6 is 0 Å². The van der Waals surface area contributed by atoms with Crippen LogP contribution in [0.1, 0.15) is 35.7 Å². The molecule has 1 aromatic heterocycles. The molecule has 1 saturated heterocycles. The lowest BCUT2D eigenvalue weighted by Crippen LogP contribution is -2.30. The van der Waals surface area contributed by atoms with Crippen molar-refractivity contribution in [1.29, 1.82) is 0 Å². The summed E-state index contributed by atoms with van der Waals surface area (Å²) in [7, 11) is -3.63. The number of aryl methyl sites for hydroxylation is 1. The Hall–Kier alpha value is -2.25. The highest BCUT2D eigenvalue weighted by atomic mass is 32.2. The van der Waals surface area contributed by atoms with E-state index in [1.807, 2.05) is 19.1 Å². The normalized spacial score (nSPS) is 15.3. The zero-order valence-electron chi connectivity index (χ0n) is 14.7. The van der Waals surface area contributed by atoms with Gasteiger partial charge in [0.05, 0.1) is 11.4 Å². The van der Waals surface area contributed by atoms with E-state index < -0.39 is 15.6 Å². The quantitative estimate of drug-likeness (QED) is 0.726. The fraction of sp³-hybridized carbons (Fsp3) is 0.368. The van der Waals surface area contributed by atoms with Crippen molar-refractivity contribution >= 4 is 15.8 Å². The molecule has 3 rings (SSSR count). The van der Waals surface area contributed by atoms with Crippen LogP contribution in [0.5, 0.6) is 0 Å². The monoisotopic (exact) mass is 374 g/mol. The zero-order valence-corrected chi connectivity index (χ0v) is 15.5. The summed E-state index contributed by atoms with van der Waals surface area (Å²) >= 11 is 0. The van der Waals surface area contributed by atoms with Gasteiger partial charge in [-0.3, -0.25) is 9.59 Å². The lowest BCUT2D eigenvalue weighted by Gasteiger charge is -2.16. The SMILES string of the molecule is CCc1ccc(C(=O)Cn2cc(S(=O)(=O)N3CCCC3)ccc2=O)cc1. The Kier molecular flexibility index (Phi) is 5.38. The predicted molar refractivity (Wildman–Crippen MR) is 98.8 cm³/mol. The van der Waals surface area contributed by atoms with Gasteiger partial charge in [0, 0.05) is 30.9 Å². The summed E-state index contributed by atoms with van der Waals surface area (Å²) in [5, 5.41) is 0. The number of ketones is 1. The molecule has 1 fully saturated rings. The second-order valence-corrected chi connectivity index (χ2v) is 8.35. The number of carbonyl (C=O) groups is 1. The molecule has 0 spiro atoms. The largest absolute Gasteiger partial charge is 0.306 e. The third kappa shape index (κ3) is 3.78. The fourth-order valence-electron chi connectivity index (χ4n) is 3.04. The molecule has 26 heavy (non-hydrogen) atoms. The van der Waals surface area contributed by atoms with Gasteiger partial charge in [0.15, 0.2) is 5.78 Å². The third-order valence-corrected chi connectivity index (χ3v) is 6.54. The van der Waals surface area contributed by atoms with Crippen LogP contribution in [0.15, 0.2) is 52.3 Å². The van der Waals surface area contributed by atoms with Gasteiger partial charge < -0.3 is 4.57 Å². The van der Waals surface area contributed by atoms with E-state index in [0.717, 1.165) is 24.8 Å². The number of pyridine rings is 1. The number of aromatic nitrogens is 1. The summed E-state index contributed by atoms with van der Waals surface area (Å²) in [6.45, 7) is 2.82. The van der Waals surface area contributed by atoms with Crippen LogP contribution in [0.25, 0.3) is 0 Å². The lowest BCUT2D eigenvalue weighted by atomic mass is 10.1. The van der Waals surface area contributed by atoms with Crippen molar-refractivity contribution in [3.8, 4) is 0 Å². The standard InChI is InChI=1S/C19H22N2O4S/c1-2-15-5-7-16(8-6-15)18(22)14-20-13-17(9-10-19(20)23)26(24,25)21-11-3-4-12-21/h5-10,13H,2-4,11-12,14H2,1H3. The maximum atomic E-state index is 12.6. The molecule has 0 aliphatic carbocycles. The van der Waals surface area contributed by atoms with Gasteiger partial charge in [-0.1, -0.05) is 31.2 Å². The van der Waals surface area contributed by atoms with Crippen molar-refractivity contribution < 1.29 is 13.2 Å². The summed E-state index contributed by atoms with van der Waals surface area (Å²) in [5.41, 5.74) is 1.23. The summed E-state index contributed by atoms with van der Waals surface area (Å²) in [4.78, 5) is 24.6. The van der Waals surface area contributed by atoms with Crippen LogP contribution in [-0.2, 0) is 23.0 Å². The number of hydrogen-bond donors (Lipinski definition) is 0. The lowest BCUT2D eigenvalue weighted by molar-refractivity contribution is 0.0970. The van der Waals surface area contributed by atoms with E-state index in [0.29, 0.717) is 18.7 Å². The molecule has 0 saturated carbocycles. The number of rotatable bonds is 6. The molecule has 1 aliphatic rings. The number of nitrogens with zero attached hydrogens (tertiary/aromatic N) is 2. The fourth-order valence-corrected chi connectivity index (χ4v) is 4.57. The Bertz CT molecular complexity index is 956. The van der Waals surface area contributed by atoms with Gasteiger partial charge in [0.1, 0.15) is 0 Å². The molecule has 2 heterocycles. The number of carbonyl (C=O) groups excluding carboxylic acids is 1. The van der Waals surface area contributed by atoms with Gasteiger partial charge >= 0.3 is 0 Å². The first kappa shape index (κ1) is 18.5. The van der Waals surface area contributed by atoms with Crippen LogP contribution < -0.4 is 5.56 Å². The molecule has 0 bridgehead atoms. The Morgan fingerprint density at radius 3 is 2.31 bits per heavy atom. The molecular formula is C19H22N2O4S. The molecule has 0 N–H and O–H groups in total. The molecule has 1 aromatic carbocycles. The molecule has 0 radical (unpaired) electrons. The molecule has 138 valence electrons. The van der Waals surface area contributed by atoms with E-state index in [9.17, 15) is 18.0 Å². The van der Waals surface area contributed by atoms with Crippen LogP contribution in [0, 0.1) is 0 Å². The first-order valence-electron chi connectivity index (χ1n) is 8.74. The third-order valence-electron chi connectivity index (χ3n) is 4.66. The van der Waals surface area contributed by atoms with E-state index in [1.54, 1.807) is 12.1 Å². The maximum Gasteiger partial charge on any atom is 0.251 e. The van der Waals surface area contributed by atoms with Crippen LogP contribution in [-0.4, -0.2) is 36.2 Å². The molecule has 7 heteroatoms. The molecule has 2 aromatic rings. The molecule has 0 unspecified atom stereocenters. The molecule has 1 aliphatic heterocycles. The predicted octanol–water partition coefficient (Wildman–Crippen LogP) is 2.08. The minimum absolute atomic E-state index is 0.0492. The molecule has 6 nitrogen and oxygen atoms in total. The van der Waals surface area contributed by atoms with E-state index in [2.05, 4.69) is 0 Å². The van der Waals surface area contributed by atoms with Crippen molar-refractivity contribution in [2.45, 2.75) is 37.6 Å². The molecule has 0 atom stereocenters. The Morgan fingerprint density at radius 1 is 1.04 bits per heavy atom. The Balaban J connectivity index is 1.85. The van der Waals surface area contributed by atoms with Gasteiger partial charge in [0.25, 0.3) is 5.56 Å². The van der Waals surface area contributed by atoms with Gasteiger partial charge in [-0.05, 0) is 30.9 Å². The Morgan fingerprint density at radius 2 is 1.69 bits per heavy atom. The number of sulfonamides is 1. The number of Topliss-reactive ketones (excluding diaryl/α,β-unsaturated/α-hetero) is 1. The Labute approximate surface area is 153 Å². The first-order chi connectivity index (χ1) is 12.4. The highest BCUT2D eigenvalue weighted by Gasteiger charge is 2.27. The van der Waals surface area contributed by atoms with Gasteiger partial charge in [-0.15, -0.1) is 0 Å². The second-order valence-electron chi connectivity index (χ2n) is 6.42. The van der Waals surface area contributed by atoms with Crippen LogP contribution in [0.4, 0.5) is 0 Å². The van der Waals surface area contributed by atoms with Crippen molar-refractivity contribution in [2.24, 2.45) is 0 Å². The van der Waals surface area contributed by atoms with Crippen molar-refractivity contribution in [3.63, 3.8) is 0 Å². The van der Waals surface area contributed by atoms with E-state index in [4.69, 9.17) is 0 Å². The topological polar surface area (TPSA) is 76.5 Å². The average molecular weight is 374 g/mol. The highest BCUT2D eigenvalue weighted by molar-refractivity contribution is 7.89. The van der Waals surface area contributed by atoms with Crippen LogP contribution in [0.3, 0.4) is 0 Å². The summed E-state index contributed by atoms with van der Waals surface area (Å²) in [6, 6.07) is 9.74. The second kappa shape index (κ2) is 7.55. The minimum Gasteiger partial charge on any atom is -0.306 e. The highest BCUT2D eigenvalue weighted by Crippen LogP contribution is 2.19. The van der Waals surface area contributed by atoms with Crippen molar-refractivity contribution in [2.75, 3.05) is 13.1 Å². The van der Waals surface area contributed by atoms with E-state index >= 15 is 0 Å². The van der Waals surface area contributed by atoms with Crippen molar-refractivity contribution in [3.05, 3.63) is 64.1 Å². The van der Waals surface area contributed by atoms with Crippen molar-refractivity contribution in [1.82, 2.24) is 8.87 Å². The van der Waals surface area contributed by atoms with Crippen LogP contribution in [0.2, 0.25) is 0 Å². The smallest absolute Gasteiger partial charge is 0.251 e.